The number of aliphatic imine (C=N–C) groups is 2. The fourth-order valence-electron chi connectivity index (χ4n) is 5.26. The Hall–Kier alpha value is -2.29. The van der Waals surface area contributed by atoms with Gasteiger partial charge in [0.2, 0.25) is 0 Å². The lowest BCUT2D eigenvalue weighted by Gasteiger charge is -2.30. The number of carbonyl (C=O) groups excluding carboxylic acids is 2. The van der Waals surface area contributed by atoms with Gasteiger partial charge in [-0.3, -0.25) is 9.69 Å². The Morgan fingerprint density at radius 1 is 1.09 bits per heavy atom. The van der Waals surface area contributed by atoms with Crippen molar-refractivity contribution < 1.29 is 9.59 Å². The molecule has 1 aromatic carbocycles. The van der Waals surface area contributed by atoms with Crippen molar-refractivity contribution in [2.24, 2.45) is 15.9 Å². The van der Waals surface area contributed by atoms with E-state index in [9.17, 15) is 9.59 Å². The van der Waals surface area contributed by atoms with Crippen LogP contribution >= 0.6 is 22.6 Å². The van der Waals surface area contributed by atoms with Crippen molar-refractivity contribution in [3.05, 3.63) is 57.3 Å². The highest BCUT2D eigenvalue weighted by Crippen LogP contribution is 2.35. The van der Waals surface area contributed by atoms with Crippen molar-refractivity contribution in [2.45, 2.75) is 63.5 Å². The third-order valence-electron chi connectivity index (χ3n) is 7.01. The minimum Gasteiger partial charge on any atom is -0.325 e. The molecule has 2 heterocycles. The normalized spacial score (nSPS) is 25.4. The van der Waals surface area contributed by atoms with Gasteiger partial charge >= 0.3 is 6.03 Å². The Morgan fingerprint density at radius 2 is 1.84 bits per heavy atom. The molecule has 0 bridgehead atoms. The molecule has 3 amide bonds. The average Bonchev–Trinajstić information content (AvgIpc) is 3.36. The zero-order chi connectivity index (χ0) is 22.2. The van der Waals surface area contributed by atoms with Gasteiger partial charge in [0, 0.05) is 15.9 Å². The topological polar surface area (TPSA) is 74.1 Å². The van der Waals surface area contributed by atoms with Crippen LogP contribution in [0.2, 0.25) is 0 Å². The average molecular weight is 542 g/mol. The highest BCUT2D eigenvalue weighted by atomic mass is 127. The highest BCUT2D eigenvalue weighted by molar-refractivity contribution is 14.1. The summed E-state index contributed by atoms with van der Waals surface area (Å²) in [6.45, 7) is 2.05. The first-order valence-electron chi connectivity index (χ1n) is 11.5. The van der Waals surface area contributed by atoms with Gasteiger partial charge < -0.3 is 5.32 Å². The fourth-order valence-corrected chi connectivity index (χ4v) is 5.77. The number of carbonyl (C=O) groups is 2. The number of nitrogens with one attached hydrogen (secondary N) is 1. The maximum Gasteiger partial charge on any atom is 0.325 e. The Kier molecular flexibility index (Phi) is 6.01. The number of imide groups is 1. The second kappa shape index (κ2) is 8.92. The van der Waals surface area contributed by atoms with Gasteiger partial charge in [-0.2, -0.15) is 0 Å². The fraction of sp³-hybridized carbons (Fsp3) is 0.440. The van der Waals surface area contributed by atoms with Crippen LogP contribution in [0, 0.1) is 5.92 Å². The molecule has 166 valence electrons. The zero-order valence-electron chi connectivity index (χ0n) is 18.1. The summed E-state index contributed by atoms with van der Waals surface area (Å²) in [7, 11) is 0. The number of nitrogens with zero attached hydrogens (tertiary/aromatic N) is 3. The summed E-state index contributed by atoms with van der Waals surface area (Å²) >= 11 is 2.28. The molecule has 5 rings (SSSR count). The third kappa shape index (κ3) is 3.95. The van der Waals surface area contributed by atoms with Crippen LogP contribution in [-0.4, -0.2) is 40.5 Å². The van der Waals surface area contributed by atoms with Crippen molar-refractivity contribution in [2.75, 3.05) is 0 Å². The molecular weight excluding hydrogens is 515 g/mol. The molecule has 1 saturated carbocycles. The lowest BCUT2D eigenvalue weighted by Crippen LogP contribution is -2.48. The largest absolute Gasteiger partial charge is 0.325 e. The molecule has 7 heteroatoms. The van der Waals surface area contributed by atoms with Gasteiger partial charge in [0.05, 0.1) is 11.4 Å². The Balaban J connectivity index is 1.51. The molecule has 1 saturated heterocycles. The minimum atomic E-state index is -0.546. The minimum absolute atomic E-state index is 0.130. The molecule has 0 radical (unpaired) electrons. The lowest BCUT2D eigenvalue weighted by atomic mass is 9.83. The first kappa shape index (κ1) is 21.6. The summed E-state index contributed by atoms with van der Waals surface area (Å²) in [4.78, 5) is 37.9. The first-order valence-corrected chi connectivity index (χ1v) is 12.5. The molecule has 2 fully saturated rings. The smallest absolute Gasteiger partial charge is 0.325 e. The second-order valence-corrected chi connectivity index (χ2v) is 10.3. The Morgan fingerprint density at radius 3 is 2.59 bits per heavy atom. The Bertz CT molecular complexity index is 1050. The van der Waals surface area contributed by atoms with E-state index in [1.165, 1.54) is 11.3 Å². The van der Waals surface area contributed by atoms with E-state index in [1.54, 1.807) is 0 Å². The molecule has 0 unspecified atom stereocenters. The van der Waals surface area contributed by atoms with Gasteiger partial charge in [0.1, 0.15) is 12.1 Å². The number of hydrogen-bond acceptors (Lipinski definition) is 4. The number of amidine groups is 1. The number of hydrogen-bond donors (Lipinski definition) is 1. The van der Waals surface area contributed by atoms with Crippen LogP contribution < -0.4 is 5.32 Å². The van der Waals surface area contributed by atoms with E-state index in [0.717, 1.165) is 46.2 Å². The van der Waals surface area contributed by atoms with Gasteiger partial charge in [-0.1, -0.05) is 62.6 Å². The maximum absolute atomic E-state index is 13.6. The maximum atomic E-state index is 13.6. The predicted octanol–water partition coefficient (Wildman–Crippen LogP) is 5.12. The van der Waals surface area contributed by atoms with Gasteiger partial charge in [-0.25, -0.2) is 14.8 Å². The van der Waals surface area contributed by atoms with Crippen LogP contribution in [0.25, 0.3) is 0 Å². The van der Waals surface area contributed by atoms with E-state index >= 15 is 0 Å². The van der Waals surface area contributed by atoms with E-state index in [2.05, 4.69) is 40.9 Å². The van der Waals surface area contributed by atoms with Crippen LogP contribution in [0.4, 0.5) is 4.79 Å². The number of amides is 3. The predicted molar refractivity (Wildman–Crippen MR) is 134 cm³/mol. The van der Waals surface area contributed by atoms with Crippen LogP contribution in [-0.2, 0) is 4.79 Å². The summed E-state index contributed by atoms with van der Waals surface area (Å²) in [6.07, 6.45) is 10.3. The van der Waals surface area contributed by atoms with Crippen molar-refractivity contribution in [3.63, 3.8) is 0 Å². The van der Waals surface area contributed by atoms with Crippen LogP contribution in [0.15, 0.2) is 61.7 Å². The van der Waals surface area contributed by atoms with Gasteiger partial charge in [-0.05, 0) is 53.0 Å². The Labute approximate surface area is 202 Å². The number of allylic oxidation sites excluding steroid dienone is 4. The van der Waals surface area contributed by atoms with Crippen molar-refractivity contribution in [1.82, 2.24) is 10.2 Å². The van der Waals surface area contributed by atoms with E-state index < -0.39 is 12.1 Å². The van der Waals surface area contributed by atoms with Crippen LogP contribution in [0.3, 0.4) is 0 Å². The molecule has 6 nitrogen and oxygen atoms in total. The lowest BCUT2D eigenvalue weighted by molar-refractivity contribution is -0.129. The standard InChI is InChI=1S/C25H27IN4O2/c1-15(16-8-4-2-5-9-16)22(23-27-19-13-12-18(26)14-20(19)28-23)30-24(31)21(29-25(30)32)17-10-6-3-7-11-17/h2,4-5,8-9,12,14-15,17,21-22H,3,6-7,10-11,13H2,1H3,(H,29,32)/t15-,21+,22-/m0/s1. The summed E-state index contributed by atoms with van der Waals surface area (Å²) in [6, 6.07) is 8.70. The molecule has 32 heavy (non-hydrogen) atoms. The summed E-state index contributed by atoms with van der Waals surface area (Å²) < 4.78 is 1.13. The van der Waals surface area contributed by atoms with Crippen molar-refractivity contribution in [1.29, 1.82) is 0 Å². The van der Waals surface area contributed by atoms with Gasteiger partial charge in [-0.15, -0.1) is 0 Å². The molecule has 1 N–H and O–H groups in total. The quantitative estimate of drug-likeness (QED) is 0.415. The molecule has 2 aliphatic heterocycles. The number of fused-ring (bicyclic) bond motifs is 1. The third-order valence-corrected chi connectivity index (χ3v) is 7.76. The SMILES string of the molecule is C[C@@H](c1ccccc1)[C@@H](C1=NC2=CC(I)=CCC2=N1)N1C(=O)N[C@H](C2CCCCC2)C1=O. The monoisotopic (exact) mass is 542 g/mol. The zero-order valence-corrected chi connectivity index (χ0v) is 20.3. The van der Waals surface area contributed by atoms with Crippen LogP contribution in [0.1, 0.15) is 56.9 Å². The second-order valence-electron chi connectivity index (χ2n) is 9.03. The molecule has 0 aromatic heterocycles. The van der Waals surface area contributed by atoms with Crippen molar-refractivity contribution in [3.8, 4) is 0 Å². The number of benzene rings is 1. The molecule has 3 atom stereocenters. The summed E-state index contributed by atoms with van der Waals surface area (Å²) in [5.74, 6) is 0.502. The number of halogens is 1. The molecule has 0 spiro atoms. The molecule has 2 aliphatic carbocycles. The molecule has 1 aromatic rings. The first-order chi connectivity index (χ1) is 15.5. The van der Waals surface area contributed by atoms with Crippen molar-refractivity contribution >= 4 is 46.1 Å². The highest BCUT2D eigenvalue weighted by Gasteiger charge is 2.49. The molecule has 4 aliphatic rings. The van der Waals surface area contributed by atoms with Crippen LogP contribution in [0.5, 0.6) is 0 Å². The van der Waals surface area contributed by atoms with Gasteiger partial charge in [0.15, 0.2) is 5.84 Å². The number of urea groups is 1. The van der Waals surface area contributed by atoms with E-state index in [4.69, 9.17) is 9.98 Å². The molecular formula is C25H27IN4O2. The van der Waals surface area contributed by atoms with E-state index in [0.29, 0.717) is 12.3 Å². The number of rotatable bonds is 5. The van der Waals surface area contributed by atoms with Gasteiger partial charge in [0.25, 0.3) is 5.91 Å². The van der Waals surface area contributed by atoms with E-state index in [-0.39, 0.29) is 23.8 Å². The summed E-state index contributed by atoms with van der Waals surface area (Å²) in [5, 5.41) is 3.01. The van der Waals surface area contributed by atoms with E-state index in [1.807, 2.05) is 36.4 Å². The summed E-state index contributed by atoms with van der Waals surface area (Å²) in [5.41, 5.74) is 2.80.